The van der Waals surface area contributed by atoms with Crippen molar-refractivity contribution in [1.82, 2.24) is 0 Å². The van der Waals surface area contributed by atoms with E-state index in [1.165, 1.54) is 18.4 Å². The molecule has 0 amide bonds. The average Bonchev–Trinajstić information content (AvgIpc) is 2.48. The van der Waals surface area contributed by atoms with Crippen molar-refractivity contribution in [3.63, 3.8) is 0 Å². The zero-order valence-corrected chi connectivity index (χ0v) is 13.9. The highest BCUT2D eigenvalue weighted by Gasteiger charge is 2.32. The summed E-state index contributed by atoms with van der Waals surface area (Å²) in [6.45, 7) is 10.6. The predicted molar refractivity (Wildman–Crippen MR) is 87.2 cm³/mol. The van der Waals surface area contributed by atoms with Crippen LogP contribution in [0.5, 0.6) is 0 Å². The van der Waals surface area contributed by atoms with Crippen molar-refractivity contribution < 1.29 is 9.47 Å². The van der Waals surface area contributed by atoms with E-state index in [2.05, 4.69) is 52.0 Å². The van der Waals surface area contributed by atoms with Gasteiger partial charge in [0.05, 0.1) is 25.4 Å². The van der Waals surface area contributed by atoms with E-state index in [1.54, 1.807) is 0 Å². The summed E-state index contributed by atoms with van der Waals surface area (Å²) >= 11 is 0. The van der Waals surface area contributed by atoms with Gasteiger partial charge in [0, 0.05) is 5.92 Å². The van der Waals surface area contributed by atoms with Gasteiger partial charge in [0.1, 0.15) is 0 Å². The van der Waals surface area contributed by atoms with E-state index in [0.717, 1.165) is 6.61 Å². The molecule has 118 valence electrons. The van der Waals surface area contributed by atoms with Gasteiger partial charge in [-0.05, 0) is 30.2 Å². The summed E-state index contributed by atoms with van der Waals surface area (Å²) in [6, 6.07) is 10.4. The molecule has 1 aliphatic rings. The van der Waals surface area contributed by atoms with E-state index in [1.807, 2.05) is 6.07 Å². The predicted octanol–water partition coefficient (Wildman–Crippen LogP) is 4.68. The Balaban J connectivity index is 1.76. The maximum Gasteiger partial charge on any atom is 0.0717 e. The van der Waals surface area contributed by atoms with Crippen molar-refractivity contribution in [2.24, 2.45) is 17.8 Å². The molecule has 1 fully saturated rings. The largest absolute Gasteiger partial charge is 0.376 e. The summed E-state index contributed by atoms with van der Waals surface area (Å²) in [6.07, 6.45) is 3.20. The Morgan fingerprint density at radius 2 is 1.86 bits per heavy atom. The molecule has 0 aromatic heterocycles. The highest BCUT2D eigenvalue weighted by molar-refractivity contribution is 5.13. The van der Waals surface area contributed by atoms with E-state index >= 15 is 0 Å². The minimum Gasteiger partial charge on any atom is -0.376 e. The van der Waals surface area contributed by atoms with Crippen LogP contribution in [0, 0.1) is 17.8 Å². The van der Waals surface area contributed by atoms with Crippen LogP contribution in [-0.2, 0) is 16.1 Å². The number of rotatable bonds is 6. The minimum absolute atomic E-state index is 0.351. The molecule has 0 N–H and O–H groups in total. The van der Waals surface area contributed by atoms with Gasteiger partial charge < -0.3 is 9.47 Å². The second kappa shape index (κ2) is 7.95. The zero-order valence-electron chi connectivity index (χ0n) is 13.9. The number of hydrogen-bond donors (Lipinski definition) is 0. The SMILES string of the molecule is CC(C)[C@H]1O[C@H]([C@H](C)COCc2ccccc2)CC[C@@H]1C. The molecule has 1 aromatic rings. The van der Waals surface area contributed by atoms with Gasteiger partial charge in [0.15, 0.2) is 0 Å². The smallest absolute Gasteiger partial charge is 0.0717 e. The first-order valence-corrected chi connectivity index (χ1v) is 8.35. The molecule has 2 nitrogen and oxygen atoms in total. The molecule has 0 radical (unpaired) electrons. The number of ether oxygens (including phenoxy) is 2. The Hall–Kier alpha value is -0.860. The van der Waals surface area contributed by atoms with Gasteiger partial charge in [-0.1, -0.05) is 58.0 Å². The third-order valence-electron chi connectivity index (χ3n) is 4.58. The molecule has 21 heavy (non-hydrogen) atoms. The molecule has 0 unspecified atom stereocenters. The molecule has 4 atom stereocenters. The second-order valence-electron chi connectivity index (χ2n) is 6.92. The molecule has 1 aromatic carbocycles. The standard InChI is InChI=1S/C19H30O2/c1-14(2)19-15(3)10-11-18(21-19)16(4)12-20-13-17-8-6-5-7-9-17/h5-9,14-16,18-19H,10-13H2,1-4H3/t15-,16+,18-,19+/m0/s1. The van der Waals surface area contributed by atoms with Gasteiger partial charge in [0.25, 0.3) is 0 Å². The van der Waals surface area contributed by atoms with Crippen LogP contribution in [-0.4, -0.2) is 18.8 Å². The van der Waals surface area contributed by atoms with Crippen LogP contribution in [0.25, 0.3) is 0 Å². The Morgan fingerprint density at radius 1 is 1.14 bits per heavy atom. The van der Waals surface area contributed by atoms with Gasteiger partial charge in [-0.3, -0.25) is 0 Å². The third kappa shape index (κ3) is 4.82. The maximum absolute atomic E-state index is 6.34. The first-order chi connectivity index (χ1) is 10.1. The van der Waals surface area contributed by atoms with Crippen LogP contribution in [0.2, 0.25) is 0 Å². The fourth-order valence-corrected chi connectivity index (χ4v) is 3.27. The van der Waals surface area contributed by atoms with Gasteiger partial charge in [-0.15, -0.1) is 0 Å². The van der Waals surface area contributed by atoms with Crippen molar-refractivity contribution in [2.75, 3.05) is 6.61 Å². The highest BCUT2D eigenvalue weighted by Crippen LogP contribution is 2.32. The van der Waals surface area contributed by atoms with Crippen molar-refractivity contribution in [3.8, 4) is 0 Å². The first-order valence-electron chi connectivity index (χ1n) is 8.35. The number of benzene rings is 1. The monoisotopic (exact) mass is 290 g/mol. The van der Waals surface area contributed by atoms with Crippen LogP contribution >= 0.6 is 0 Å². The fraction of sp³-hybridized carbons (Fsp3) is 0.684. The van der Waals surface area contributed by atoms with Crippen LogP contribution in [0.15, 0.2) is 30.3 Å². The molecule has 2 rings (SSSR count). The van der Waals surface area contributed by atoms with E-state index in [-0.39, 0.29) is 0 Å². The average molecular weight is 290 g/mol. The molecule has 2 heteroatoms. The summed E-state index contributed by atoms with van der Waals surface area (Å²) in [4.78, 5) is 0. The molecule has 0 spiro atoms. The van der Waals surface area contributed by atoms with E-state index in [9.17, 15) is 0 Å². The molecule has 0 saturated carbocycles. The van der Waals surface area contributed by atoms with Gasteiger partial charge >= 0.3 is 0 Å². The van der Waals surface area contributed by atoms with Crippen LogP contribution in [0.3, 0.4) is 0 Å². The molecular weight excluding hydrogens is 260 g/mol. The van der Waals surface area contributed by atoms with Crippen LogP contribution in [0.1, 0.15) is 46.1 Å². The molecule has 1 aliphatic heterocycles. The first kappa shape index (κ1) is 16.5. The maximum atomic E-state index is 6.34. The van der Waals surface area contributed by atoms with Crippen LogP contribution < -0.4 is 0 Å². The Bertz CT molecular complexity index is 401. The molecular formula is C19H30O2. The Labute approximate surface area is 129 Å². The van der Waals surface area contributed by atoms with Gasteiger partial charge in [0.2, 0.25) is 0 Å². The molecule has 0 bridgehead atoms. The third-order valence-corrected chi connectivity index (χ3v) is 4.58. The summed E-state index contributed by atoms with van der Waals surface area (Å²) in [5, 5.41) is 0. The normalized spacial score (nSPS) is 27.8. The van der Waals surface area contributed by atoms with Crippen molar-refractivity contribution in [3.05, 3.63) is 35.9 Å². The lowest BCUT2D eigenvalue weighted by Crippen LogP contribution is -2.41. The zero-order chi connectivity index (χ0) is 15.2. The quantitative estimate of drug-likeness (QED) is 0.757. The Kier molecular flexibility index (Phi) is 6.25. The summed E-state index contributed by atoms with van der Waals surface area (Å²) < 4.78 is 12.2. The summed E-state index contributed by atoms with van der Waals surface area (Å²) in [5.41, 5.74) is 1.24. The van der Waals surface area contributed by atoms with Crippen molar-refractivity contribution >= 4 is 0 Å². The highest BCUT2D eigenvalue weighted by atomic mass is 16.5. The van der Waals surface area contributed by atoms with Crippen molar-refractivity contribution in [1.29, 1.82) is 0 Å². The lowest BCUT2D eigenvalue weighted by Gasteiger charge is -2.39. The van der Waals surface area contributed by atoms with Gasteiger partial charge in [-0.25, -0.2) is 0 Å². The molecule has 0 aliphatic carbocycles. The van der Waals surface area contributed by atoms with E-state index < -0.39 is 0 Å². The lowest BCUT2D eigenvalue weighted by molar-refractivity contribution is -0.128. The summed E-state index contributed by atoms with van der Waals surface area (Å²) in [5.74, 6) is 1.74. The summed E-state index contributed by atoms with van der Waals surface area (Å²) in [7, 11) is 0. The van der Waals surface area contributed by atoms with E-state index in [4.69, 9.17) is 9.47 Å². The van der Waals surface area contributed by atoms with Crippen molar-refractivity contribution in [2.45, 2.75) is 59.4 Å². The number of hydrogen-bond acceptors (Lipinski definition) is 2. The second-order valence-corrected chi connectivity index (χ2v) is 6.92. The minimum atomic E-state index is 0.351. The molecule has 1 heterocycles. The van der Waals surface area contributed by atoms with Crippen LogP contribution in [0.4, 0.5) is 0 Å². The lowest BCUT2D eigenvalue weighted by atomic mass is 9.84. The van der Waals surface area contributed by atoms with E-state index in [0.29, 0.717) is 36.6 Å². The molecule has 1 saturated heterocycles. The topological polar surface area (TPSA) is 18.5 Å². The van der Waals surface area contributed by atoms with Gasteiger partial charge in [-0.2, -0.15) is 0 Å². The Morgan fingerprint density at radius 3 is 2.52 bits per heavy atom. The fourth-order valence-electron chi connectivity index (χ4n) is 3.27.